The summed E-state index contributed by atoms with van der Waals surface area (Å²) in [5, 5.41) is 9.38. The number of halogens is 1. The summed E-state index contributed by atoms with van der Waals surface area (Å²) in [6.07, 6.45) is 4.81. The van der Waals surface area contributed by atoms with Gasteiger partial charge in [0.1, 0.15) is 17.9 Å². The fraction of sp³-hybridized carbons (Fsp3) is 0.0476. The summed E-state index contributed by atoms with van der Waals surface area (Å²) >= 11 is 0. The van der Waals surface area contributed by atoms with Crippen LogP contribution < -0.4 is 15.4 Å². The van der Waals surface area contributed by atoms with E-state index < -0.39 is 6.03 Å². The summed E-state index contributed by atoms with van der Waals surface area (Å²) in [6.45, 7) is 1.66. The minimum Gasteiger partial charge on any atom is -0.439 e. The summed E-state index contributed by atoms with van der Waals surface area (Å²) in [5.74, 6) is 1.09. The number of nitrogens with one attached hydrogen (secondary N) is 2. The van der Waals surface area contributed by atoms with Gasteiger partial charge in [0.2, 0.25) is 5.88 Å². The molecular weight excluding hydrogens is 387 g/mol. The van der Waals surface area contributed by atoms with E-state index in [0.29, 0.717) is 34.4 Å². The Morgan fingerprint density at radius 3 is 2.53 bits per heavy atom. The zero-order valence-corrected chi connectivity index (χ0v) is 15.9. The van der Waals surface area contributed by atoms with E-state index in [-0.39, 0.29) is 5.82 Å². The van der Waals surface area contributed by atoms with Gasteiger partial charge >= 0.3 is 6.03 Å². The fourth-order valence-corrected chi connectivity index (χ4v) is 2.61. The van der Waals surface area contributed by atoms with Gasteiger partial charge in [-0.25, -0.2) is 23.8 Å². The molecule has 0 aliphatic heterocycles. The first kappa shape index (κ1) is 19.1. The molecule has 2 N–H and O–H groups in total. The first-order valence-electron chi connectivity index (χ1n) is 9.01. The fourth-order valence-electron chi connectivity index (χ4n) is 2.61. The van der Waals surface area contributed by atoms with E-state index in [9.17, 15) is 9.18 Å². The number of aromatic nitrogens is 4. The SMILES string of the molecule is Cc1ccc(NC(=O)Nc2ccc(Oc3cc(-n4cccn4)ncn3)cc2)cc1F. The summed E-state index contributed by atoms with van der Waals surface area (Å²) in [5.41, 5.74) is 1.43. The van der Waals surface area contributed by atoms with Crippen LogP contribution in [0.3, 0.4) is 0 Å². The van der Waals surface area contributed by atoms with E-state index >= 15 is 0 Å². The molecule has 0 spiro atoms. The predicted molar refractivity (Wildman–Crippen MR) is 109 cm³/mol. The van der Waals surface area contributed by atoms with Gasteiger partial charge in [-0.1, -0.05) is 6.07 Å². The lowest BCUT2D eigenvalue weighted by Gasteiger charge is -2.10. The van der Waals surface area contributed by atoms with Crippen molar-refractivity contribution >= 4 is 17.4 Å². The Labute approximate surface area is 171 Å². The summed E-state index contributed by atoms with van der Waals surface area (Å²) < 4.78 is 20.9. The highest BCUT2D eigenvalue weighted by Crippen LogP contribution is 2.22. The minimum atomic E-state index is -0.480. The number of amides is 2. The average molecular weight is 404 g/mol. The molecule has 9 heteroatoms. The smallest absolute Gasteiger partial charge is 0.323 e. The first-order valence-corrected chi connectivity index (χ1v) is 9.01. The van der Waals surface area contributed by atoms with Gasteiger partial charge in [0.25, 0.3) is 0 Å². The maximum atomic E-state index is 13.6. The van der Waals surface area contributed by atoms with E-state index in [1.807, 2.05) is 0 Å². The van der Waals surface area contributed by atoms with Crippen LogP contribution in [-0.2, 0) is 0 Å². The number of urea groups is 1. The number of hydrogen-bond donors (Lipinski definition) is 2. The van der Waals surface area contributed by atoms with Gasteiger partial charge in [0.15, 0.2) is 5.82 Å². The molecule has 0 saturated heterocycles. The Bertz CT molecular complexity index is 1160. The van der Waals surface area contributed by atoms with Crippen molar-refractivity contribution in [2.45, 2.75) is 6.92 Å². The highest BCUT2D eigenvalue weighted by molar-refractivity contribution is 5.99. The second-order valence-electron chi connectivity index (χ2n) is 6.33. The summed E-state index contributed by atoms with van der Waals surface area (Å²) in [4.78, 5) is 20.3. The van der Waals surface area contributed by atoms with Gasteiger partial charge < -0.3 is 15.4 Å². The molecule has 30 heavy (non-hydrogen) atoms. The highest BCUT2D eigenvalue weighted by Gasteiger charge is 2.07. The third-order valence-electron chi connectivity index (χ3n) is 4.13. The number of rotatable bonds is 5. The molecular formula is C21H17FN6O2. The van der Waals surface area contributed by atoms with Crippen LogP contribution in [0.4, 0.5) is 20.6 Å². The molecule has 0 saturated carbocycles. The Morgan fingerprint density at radius 2 is 1.80 bits per heavy atom. The number of anilines is 2. The largest absolute Gasteiger partial charge is 0.439 e. The van der Waals surface area contributed by atoms with Gasteiger partial charge in [0, 0.05) is 29.8 Å². The number of nitrogens with zero attached hydrogens (tertiary/aromatic N) is 4. The third kappa shape index (κ3) is 4.58. The van der Waals surface area contributed by atoms with Crippen molar-refractivity contribution in [2.75, 3.05) is 10.6 Å². The van der Waals surface area contributed by atoms with Crippen LogP contribution in [-0.4, -0.2) is 25.8 Å². The molecule has 8 nitrogen and oxygen atoms in total. The summed E-state index contributed by atoms with van der Waals surface area (Å²) in [6, 6.07) is 14.2. The van der Waals surface area contributed by atoms with E-state index in [2.05, 4.69) is 25.7 Å². The van der Waals surface area contributed by atoms with E-state index in [1.54, 1.807) is 72.5 Å². The number of carbonyl (C=O) groups is 1. The van der Waals surface area contributed by atoms with Crippen molar-refractivity contribution in [2.24, 2.45) is 0 Å². The van der Waals surface area contributed by atoms with Crippen molar-refractivity contribution in [1.29, 1.82) is 0 Å². The molecule has 0 aliphatic carbocycles. The molecule has 0 unspecified atom stereocenters. The quantitative estimate of drug-likeness (QED) is 0.509. The topological polar surface area (TPSA) is 94.0 Å². The van der Waals surface area contributed by atoms with E-state index in [4.69, 9.17) is 4.74 Å². The lowest BCUT2D eigenvalue weighted by molar-refractivity contribution is 0.262. The predicted octanol–water partition coefficient (Wildman–Crippen LogP) is 4.55. The normalized spacial score (nSPS) is 10.5. The number of aryl methyl sites for hydroxylation is 1. The lowest BCUT2D eigenvalue weighted by Crippen LogP contribution is -2.19. The van der Waals surface area contributed by atoms with Gasteiger partial charge in [-0.2, -0.15) is 5.10 Å². The van der Waals surface area contributed by atoms with Crippen molar-refractivity contribution in [3.05, 3.63) is 84.7 Å². The molecule has 0 aliphatic rings. The molecule has 150 valence electrons. The van der Waals surface area contributed by atoms with Crippen molar-refractivity contribution < 1.29 is 13.9 Å². The van der Waals surface area contributed by atoms with Crippen LogP contribution in [0, 0.1) is 12.7 Å². The molecule has 0 atom stereocenters. The van der Waals surface area contributed by atoms with Crippen LogP contribution in [0.5, 0.6) is 11.6 Å². The molecule has 2 aromatic carbocycles. The first-order chi connectivity index (χ1) is 14.6. The third-order valence-corrected chi connectivity index (χ3v) is 4.13. The number of ether oxygens (including phenoxy) is 1. The Kier molecular flexibility index (Phi) is 5.33. The maximum absolute atomic E-state index is 13.6. The number of carbonyl (C=O) groups excluding carboxylic acids is 1. The zero-order chi connectivity index (χ0) is 20.9. The summed E-state index contributed by atoms with van der Waals surface area (Å²) in [7, 11) is 0. The van der Waals surface area contributed by atoms with Gasteiger partial charge in [-0.15, -0.1) is 0 Å². The molecule has 4 aromatic rings. The molecule has 0 radical (unpaired) electrons. The average Bonchev–Trinajstić information content (AvgIpc) is 3.27. The zero-order valence-electron chi connectivity index (χ0n) is 15.9. The van der Waals surface area contributed by atoms with Gasteiger partial charge in [0.05, 0.1) is 0 Å². The van der Waals surface area contributed by atoms with Gasteiger partial charge in [-0.05, 0) is 55.0 Å². The molecule has 2 amide bonds. The Morgan fingerprint density at radius 1 is 1.03 bits per heavy atom. The molecule has 2 heterocycles. The lowest BCUT2D eigenvalue weighted by atomic mass is 10.2. The van der Waals surface area contributed by atoms with Crippen LogP contribution in [0.25, 0.3) is 5.82 Å². The standard InChI is InChI=1S/C21H17FN6O2/c1-14-3-4-16(11-18(14)22)27-21(29)26-15-5-7-17(8-6-15)30-20-12-19(23-13-24-20)28-10-2-9-25-28/h2-13H,1H3,(H2,26,27,29). The molecule has 2 aromatic heterocycles. The van der Waals surface area contributed by atoms with Crippen molar-refractivity contribution in [1.82, 2.24) is 19.7 Å². The van der Waals surface area contributed by atoms with Crippen LogP contribution in [0.15, 0.2) is 73.3 Å². The van der Waals surface area contributed by atoms with Crippen molar-refractivity contribution in [3.63, 3.8) is 0 Å². The second-order valence-corrected chi connectivity index (χ2v) is 6.33. The van der Waals surface area contributed by atoms with Gasteiger partial charge in [-0.3, -0.25) is 0 Å². The van der Waals surface area contributed by atoms with E-state index in [1.165, 1.54) is 12.4 Å². The molecule has 0 bridgehead atoms. The van der Waals surface area contributed by atoms with Crippen LogP contribution in [0.2, 0.25) is 0 Å². The molecule has 0 fully saturated rings. The monoisotopic (exact) mass is 404 g/mol. The minimum absolute atomic E-state index is 0.357. The maximum Gasteiger partial charge on any atom is 0.323 e. The van der Waals surface area contributed by atoms with E-state index in [0.717, 1.165) is 0 Å². The number of benzene rings is 2. The van der Waals surface area contributed by atoms with Crippen molar-refractivity contribution in [3.8, 4) is 17.4 Å². The van der Waals surface area contributed by atoms with Crippen LogP contribution in [0.1, 0.15) is 5.56 Å². The van der Waals surface area contributed by atoms with Crippen LogP contribution >= 0.6 is 0 Å². The molecule has 4 rings (SSSR count). The second kappa shape index (κ2) is 8.39. The number of hydrogen-bond acceptors (Lipinski definition) is 5. The Hall–Kier alpha value is -4.27. The Balaban J connectivity index is 1.37. The highest BCUT2D eigenvalue weighted by atomic mass is 19.1.